The first-order chi connectivity index (χ1) is 9.13. The molecular formula is C14H19IN2OS. The minimum absolute atomic E-state index is 0.104. The zero-order valence-corrected chi connectivity index (χ0v) is 14.0. The van der Waals surface area contributed by atoms with Crippen LogP contribution in [-0.2, 0) is 0 Å². The van der Waals surface area contributed by atoms with Crippen molar-refractivity contribution in [3.63, 3.8) is 0 Å². The first-order valence-corrected chi connectivity index (χ1v) is 8.86. The van der Waals surface area contributed by atoms with Crippen LogP contribution >= 0.6 is 33.9 Å². The van der Waals surface area contributed by atoms with Gasteiger partial charge in [-0.1, -0.05) is 6.42 Å². The first-order valence-electron chi connectivity index (χ1n) is 6.90. The fourth-order valence-electron chi connectivity index (χ4n) is 3.43. The number of halogens is 1. The Balaban J connectivity index is 1.63. The third kappa shape index (κ3) is 2.97. The number of carbonyl (C=O) groups is 1. The third-order valence-electron chi connectivity index (χ3n) is 4.50. The highest BCUT2D eigenvalue weighted by molar-refractivity contribution is 14.1. The third-order valence-corrected chi connectivity index (χ3v) is 6.29. The molecule has 5 heteroatoms. The Morgan fingerprint density at radius 2 is 2.11 bits per heavy atom. The summed E-state index contributed by atoms with van der Waals surface area (Å²) in [6, 6.07) is 3.66. The highest BCUT2D eigenvalue weighted by atomic mass is 127. The van der Waals surface area contributed by atoms with Crippen LogP contribution in [0.3, 0.4) is 0 Å². The van der Waals surface area contributed by atoms with E-state index in [0.29, 0.717) is 18.1 Å². The molecule has 0 spiro atoms. The Bertz CT molecular complexity index is 462. The Morgan fingerprint density at radius 1 is 1.42 bits per heavy atom. The molecule has 2 unspecified atom stereocenters. The topological polar surface area (TPSA) is 32.3 Å². The van der Waals surface area contributed by atoms with Crippen molar-refractivity contribution in [3.05, 3.63) is 19.9 Å². The second-order valence-electron chi connectivity index (χ2n) is 5.69. The average Bonchev–Trinajstić information content (AvgIpc) is 2.77. The van der Waals surface area contributed by atoms with E-state index >= 15 is 0 Å². The van der Waals surface area contributed by atoms with E-state index < -0.39 is 0 Å². The SMILES string of the molecule is CN1C2CCCC1CC(NC(=O)c1csc(I)c1)C2. The number of hydrogen-bond acceptors (Lipinski definition) is 3. The van der Waals surface area contributed by atoms with Gasteiger partial charge in [-0.05, 0) is 61.4 Å². The van der Waals surface area contributed by atoms with Crippen LogP contribution in [-0.4, -0.2) is 36.0 Å². The van der Waals surface area contributed by atoms with Gasteiger partial charge in [0.05, 0.1) is 8.45 Å². The lowest BCUT2D eigenvalue weighted by atomic mass is 9.82. The van der Waals surface area contributed by atoms with E-state index in [4.69, 9.17) is 0 Å². The van der Waals surface area contributed by atoms with Gasteiger partial charge in [0.2, 0.25) is 0 Å². The van der Waals surface area contributed by atoms with Gasteiger partial charge in [0.15, 0.2) is 0 Å². The molecule has 0 aliphatic carbocycles. The van der Waals surface area contributed by atoms with Gasteiger partial charge in [-0.3, -0.25) is 4.79 Å². The van der Waals surface area contributed by atoms with Crippen molar-refractivity contribution in [1.82, 2.24) is 10.2 Å². The van der Waals surface area contributed by atoms with Gasteiger partial charge in [-0.25, -0.2) is 0 Å². The number of nitrogens with zero attached hydrogens (tertiary/aromatic N) is 1. The number of amides is 1. The maximum atomic E-state index is 12.2. The smallest absolute Gasteiger partial charge is 0.252 e. The van der Waals surface area contributed by atoms with E-state index in [1.807, 2.05) is 11.4 Å². The molecule has 2 aliphatic rings. The van der Waals surface area contributed by atoms with E-state index in [0.717, 1.165) is 18.4 Å². The van der Waals surface area contributed by atoms with Crippen LogP contribution in [0.5, 0.6) is 0 Å². The lowest BCUT2D eigenvalue weighted by Crippen LogP contribution is -2.55. The van der Waals surface area contributed by atoms with Gasteiger partial charge in [-0.2, -0.15) is 0 Å². The first kappa shape index (κ1) is 13.8. The largest absolute Gasteiger partial charge is 0.349 e. The minimum Gasteiger partial charge on any atom is -0.349 e. The lowest BCUT2D eigenvalue weighted by molar-refractivity contribution is 0.0463. The van der Waals surface area contributed by atoms with E-state index in [9.17, 15) is 4.79 Å². The molecule has 2 saturated heterocycles. The second kappa shape index (κ2) is 5.69. The zero-order valence-electron chi connectivity index (χ0n) is 11.1. The van der Waals surface area contributed by atoms with Crippen LogP contribution in [0.15, 0.2) is 11.4 Å². The molecule has 1 aromatic heterocycles. The molecule has 3 heterocycles. The van der Waals surface area contributed by atoms with Gasteiger partial charge >= 0.3 is 0 Å². The highest BCUT2D eigenvalue weighted by Crippen LogP contribution is 2.32. The standard InChI is InChI=1S/C14H19IN2OS/c1-17-11-3-2-4-12(17)7-10(6-11)16-14(18)9-5-13(15)19-8-9/h5,8,10-12H,2-4,6-7H2,1H3,(H,16,18). The average molecular weight is 390 g/mol. The van der Waals surface area contributed by atoms with Gasteiger partial charge in [-0.15, -0.1) is 11.3 Å². The van der Waals surface area contributed by atoms with Crippen molar-refractivity contribution in [2.75, 3.05) is 7.05 Å². The summed E-state index contributed by atoms with van der Waals surface area (Å²) in [5.74, 6) is 0.104. The van der Waals surface area contributed by atoms with Crippen molar-refractivity contribution in [2.24, 2.45) is 0 Å². The van der Waals surface area contributed by atoms with Gasteiger partial charge in [0.1, 0.15) is 0 Å². The quantitative estimate of drug-likeness (QED) is 0.788. The van der Waals surface area contributed by atoms with Crippen molar-refractivity contribution in [1.29, 1.82) is 0 Å². The van der Waals surface area contributed by atoms with Gasteiger partial charge in [0, 0.05) is 23.5 Å². The van der Waals surface area contributed by atoms with Crippen LogP contribution < -0.4 is 5.32 Å². The summed E-state index contributed by atoms with van der Waals surface area (Å²) in [5, 5.41) is 5.19. The van der Waals surface area contributed by atoms with Gasteiger partial charge in [0.25, 0.3) is 5.91 Å². The number of rotatable bonds is 2. The number of piperidine rings is 2. The highest BCUT2D eigenvalue weighted by Gasteiger charge is 2.36. The number of carbonyl (C=O) groups excluding carboxylic acids is 1. The number of thiophene rings is 1. The number of hydrogen-bond donors (Lipinski definition) is 1. The minimum atomic E-state index is 0.104. The van der Waals surface area contributed by atoms with Crippen LogP contribution in [0.1, 0.15) is 42.5 Å². The van der Waals surface area contributed by atoms with E-state index in [2.05, 4.69) is 39.9 Å². The molecule has 2 fully saturated rings. The summed E-state index contributed by atoms with van der Waals surface area (Å²) in [4.78, 5) is 14.7. The lowest BCUT2D eigenvalue weighted by Gasteiger charge is -2.47. The van der Waals surface area contributed by atoms with E-state index in [-0.39, 0.29) is 5.91 Å². The summed E-state index contributed by atoms with van der Waals surface area (Å²) in [5.41, 5.74) is 0.818. The summed E-state index contributed by atoms with van der Waals surface area (Å²) >= 11 is 3.89. The fraction of sp³-hybridized carbons (Fsp3) is 0.643. The molecule has 1 amide bonds. The molecule has 1 N–H and O–H groups in total. The Hall–Kier alpha value is -0.140. The maximum absolute atomic E-state index is 12.2. The van der Waals surface area contributed by atoms with Crippen molar-refractivity contribution in [3.8, 4) is 0 Å². The molecule has 0 aromatic carbocycles. The maximum Gasteiger partial charge on any atom is 0.252 e. The van der Waals surface area contributed by atoms with Crippen LogP contribution in [0.25, 0.3) is 0 Å². The Labute approximate surface area is 131 Å². The molecule has 104 valence electrons. The predicted molar refractivity (Wildman–Crippen MR) is 86.7 cm³/mol. The van der Waals surface area contributed by atoms with Gasteiger partial charge < -0.3 is 10.2 Å². The monoisotopic (exact) mass is 390 g/mol. The summed E-state index contributed by atoms with van der Waals surface area (Å²) in [6.45, 7) is 0. The number of nitrogens with one attached hydrogen (secondary N) is 1. The normalized spacial score (nSPS) is 31.2. The van der Waals surface area contributed by atoms with Crippen LogP contribution in [0, 0.1) is 2.88 Å². The van der Waals surface area contributed by atoms with Crippen LogP contribution in [0.4, 0.5) is 0 Å². The molecule has 19 heavy (non-hydrogen) atoms. The molecule has 2 aliphatic heterocycles. The summed E-state index contributed by atoms with van der Waals surface area (Å²) < 4.78 is 1.17. The Morgan fingerprint density at radius 3 is 2.68 bits per heavy atom. The Kier molecular flexibility index (Phi) is 4.14. The molecule has 3 nitrogen and oxygen atoms in total. The zero-order chi connectivity index (χ0) is 13.4. The molecule has 3 rings (SSSR count). The molecule has 1 aromatic rings. The van der Waals surface area contributed by atoms with Crippen molar-refractivity contribution < 1.29 is 4.79 Å². The summed E-state index contributed by atoms with van der Waals surface area (Å²) in [7, 11) is 2.24. The van der Waals surface area contributed by atoms with Crippen LogP contribution in [0.2, 0.25) is 0 Å². The number of fused-ring (bicyclic) bond motifs is 2. The molecule has 2 atom stereocenters. The van der Waals surface area contributed by atoms with Crippen molar-refractivity contribution >= 4 is 39.8 Å². The molecule has 0 saturated carbocycles. The van der Waals surface area contributed by atoms with E-state index in [1.54, 1.807) is 11.3 Å². The summed E-state index contributed by atoms with van der Waals surface area (Å²) in [6.07, 6.45) is 6.15. The molecular weight excluding hydrogens is 371 g/mol. The second-order valence-corrected chi connectivity index (χ2v) is 8.49. The van der Waals surface area contributed by atoms with Crippen molar-refractivity contribution in [2.45, 2.75) is 50.2 Å². The molecule has 0 radical (unpaired) electrons. The fourth-order valence-corrected chi connectivity index (χ4v) is 4.76. The predicted octanol–water partition coefficient (Wildman–Crippen LogP) is 3.10. The van der Waals surface area contributed by atoms with E-state index in [1.165, 1.54) is 22.1 Å². The molecule has 2 bridgehead atoms.